The molecule has 18 heavy (non-hydrogen) atoms. The van der Waals surface area contributed by atoms with Crippen molar-refractivity contribution in [3.8, 4) is 0 Å². The Kier molecular flexibility index (Phi) is 4.97. The van der Waals surface area contributed by atoms with Crippen LogP contribution in [0.15, 0.2) is 0 Å². The van der Waals surface area contributed by atoms with Gasteiger partial charge in [0.1, 0.15) is 0 Å². The molecule has 0 amide bonds. The summed E-state index contributed by atoms with van der Waals surface area (Å²) in [4.78, 5) is 2.34. The third-order valence-electron chi connectivity index (χ3n) is 3.48. The first-order valence-corrected chi connectivity index (χ1v) is 8.31. The van der Waals surface area contributed by atoms with Gasteiger partial charge in [0.2, 0.25) is 0 Å². The maximum absolute atomic E-state index is 11.3. The average molecular weight is 278 g/mol. The summed E-state index contributed by atoms with van der Waals surface area (Å²) in [6.45, 7) is 5.28. The lowest BCUT2D eigenvalue weighted by atomic mass is 10.2. The number of sulfone groups is 1. The Bertz CT molecular complexity index is 354. The summed E-state index contributed by atoms with van der Waals surface area (Å²) >= 11 is 0. The lowest BCUT2D eigenvalue weighted by Gasteiger charge is -2.26. The number of rotatable bonds is 5. The predicted molar refractivity (Wildman–Crippen MR) is 68.3 cm³/mol. The fraction of sp³-hybridized carbons (Fsp3) is 1.00. The van der Waals surface area contributed by atoms with Crippen molar-refractivity contribution in [3.63, 3.8) is 0 Å². The van der Waals surface area contributed by atoms with Crippen LogP contribution in [0.2, 0.25) is 0 Å². The van der Waals surface area contributed by atoms with E-state index >= 15 is 0 Å². The number of hydrogen-bond donors (Lipinski definition) is 2. The molecule has 106 valence electrons. The molecule has 0 bridgehead atoms. The van der Waals surface area contributed by atoms with Gasteiger partial charge in [0, 0.05) is 19.1 Å². The molecule has 0 aliphatic carbocycles. The fourth-order valence-electron chi connectivity index (χ4n) is 2.44. The summed E-state index contributed by atoms with van der Waals surface area (Å²) in [5, 5.41) is 12.7. The first-order chi connectivity index (χ1) is 8.57. The Morgan fingerprint density at radius 3 is 2.61 bits per heavy atom. The molecule has 0 spiro atoms. The van der Waals surface area contributed by atoms with Crippen LogP contribution < -0.4 is 5.32 Å². The number of ether oxygens (including phenoxy) is 1. The van der Waals surface area contributed by atoms with Gasteiger partial charge >= 0.3 is 0 Å². The van der Waals surface area contributed by atoms with Crippen LogP contribution in [-0.2, 0) is 14.6 Å². The quantitative estimate of drug-likeness (QED) is 0.593. The largest absolute Gasteiger partial charge is 0.390 e. The van der Waals surface area contributed by atoms with E-state index in [2.05, 4.69) is 10.2 Å². The van der Waals surface area contributed by atoms with Crippen molar-refractivity contribution >= 4 is 9.84 Å². The summed E-state index contributed by atoms with van der Waals surface area (Å²) < 4.78 is 27.9. The molecule has 2 aliphatic rings. The van der Waals surface area contributed by atoms with Crippen molar-refractivity contribution in [1.29, 1.82) is 0 Å². The van der Waals surface area contributed by atoms with Crippen molar-refractivity contribution in [2.24, 2.45) is 0 Å². The molecule has 0 aromatic rings. The van der Waals surface area contributed by atoms with Crippen LogP contribution in [0.3, 0.4) is 0 Å². The molecule has 2 fully saturated rings. The van der Waals surface area contributed by atoms with E-state index in [-0.39, 0.29) is 17.5 Å². The summed E-state index contributed by atoms with van der Waals surface area (Å²) in [6.07, 6.45) is 0.210. The monoisotopic (exact) mass is 278 g/mol. The Balaban J connectivity index is 1.60. The molecule has 2 atom stereocenters. The summed E-state index contributed by atoms with van der Waals surface area (Å²) in [7, 11) is -3.04. The maximum Gasteiger partial charge on any atom is 0.154 e. The molecule has 2 rings (SSSR count). The second-order valence-corrected chi connectivity index (χ2v) is 7.17. The minimum atomic E-state index is -3.04. The van der Waals surface area contributed by atoms with Crippen LogP contribution in [0.5, 0.6) is 0 Å². The molecule has 2 N–H and O–H groups in total. The second-order valence-electron chi connectivity index (χ2n) is 5.01. The van der Waals surface area contributed by atoms with Crippen LogP contribution in [-0.4, -0.2) is 81.5 Å². The second kappa shape index (κ2) is 6.29. The van der Waals surface area contributed by atoms with Crippen LogP contribution in [0.4, 0.5) is 0 Å². The third-order valence-corrected chi connectivity index (χ3v) is 5.20. The molecule has 0 aromatic carbocycles. The third kappa shape index (κ3) is 4.17. The normalized spacial score (nSPS) is 32.7. The highest BCUT2D eigenvalue weighted by atomic mass is 32.2. The number of aliphatic hydroxyl groups is 1. The van der Waals surface area contributed by atoms with E-state index in [0.29, 0.717) is 0 Å². The number of aliphatic hydroxyl groups excluding tert-OH is 1. The lowest BCUT2D eigenvalue weighted by Crippen LogP contribution is -2.41. The Morgan fingerprint density at radius 1 is 1.28 bits per heavy atom. The molecule has 2 heterocycles. The highest BCUT2D eigenvalue weighted by molar-refractivity contribution is 7.91. The zero-order valence-electron chi connectivity index (χ0n) is 10.5. The van der Waals surface area contributed by atoms with Gasteiger partial charge in [0.05, 0.1) is 30.8 Å². The minimum absolute atomic E-state index is 0.0612. The summed E-state index contributed by atoms with van der Waals surface area (Å²) in [5.74, 6) is -0.0418. The van der Waals surface area contributed by atoms with Crippen LogP contribution in [0, 0.1) is 0 Å². The average Bonchev–Trinajstić information content (AvgIpc) is 2.59. The van der Waals surface area contributed by atoms with Crippen LogP contribution in [0.1, 0.15) is 6.42 Å². The lowest BCUT2D eigenvalue weighted by molar-refractivity contribution is 0.0372. The molecule has 0 saturated carbocycles. The standard InChI is InChI=1S/C11H22N2O4S/c14-11-9-18(15,16)8-10(11)12-2-1-3-13-4-6-17-7-5-13/h10-12,14H,1-9H2/t10-,11-/m0/s1. The molecule has 0 unspecified atom stereocenters. The molecule has 2 aliphatic heterocycles. The Morgan fingerprint density at radius 2 is 2.00 bits per heavy atom. The topological polar surface area (TPSA) is 78.9 Å². The van der Waals surface area contributed by atoms with E-state index in [0.717, 1.165) is 45.8 Å². The predicted octanol–water partition coefficient (Wildman–Crippen LogP) is -1.54. The maximum atomic E-state index is 11.3. The van der Waals surface area contributed by atoms with E-state index in [4.69, 9.17) is 4.74 Å². The fourth-order valence-corrected chi connectivity index (χ4v) is 4.21. The van der Waals surface area contributed by atoms with Crippen molar-refractivity contribution in [2.75, 3.05) is 50.9 Å². The van der Waals surface area contributed by atoms with Gasteiger partial charge in [-0.3, -0.25) is 4.90 Å². The highest BCUT2D eigenvalue weighted by Gasteiger charge is 2.35. The van der Waals surface area contributed by atoms with Gasteiger partial charge < -0.3 is 15.2 Å². The van der Waals surface area contributed by atoms with Crippen LogP contribution >= 0.6 is 0 Å². The first-order valence-electron chi connectivity index (χ1n) is 6.49. The summed E-state index contributed by atoms with van der Waals surface area (Å²) in [5.41, 5.74) is 0. The van der Waals surface area contributed by atoms with Crippen molar-refractivity contribution in [2.45, 2.75) is 18.6 Å². The molecule has 2 saturated heterocycles. The van der Waals surface area contributed by atoms with Gasteiger partial charge in [-0.15, -0.1) is 0 Å². The van der Waals surface area contributed by atoms with E-state index in [9.17, 15) is 13.5 Å². The molecule has 0 aromatic heterocycles. The van der Waals surface area contributed by atoms with E-state index in [1.165, 1.54) is 0 Å². The molecule has 7 heteroatoms. The smallest absolute Gasteiger partial charge is 0.154 e. The van der Waals surface area contributed by atoms with E-state index in [1.807, 2.05) is 0 Å². The zero-order chi connectivity index (χ0) is 13.0. The number of nitrogens with zero attached hydrogens (tertiary/aromatic N) is 1. The highest BCUT2D eigenvalue weighted by Crippen LogP contribution is 2.12. The van der Waals surface area contributed by atoms with E-state index in [1.54, 1.807) is 0 Å². The zero-order valence-corrected chi connectivity index (χ0v) is 11.4. The van der Waals surface area contributed by atoms with Gasteiger partial charge in [0.15, 0.2) is 9.84 Å². The molecule has 6 nitrogen and oxygen atoms in total. The number of hydrogen-bond acceptors (Lipinski definition) is 6. The Labute approximate surface area is 108 Å². The van der Waals surface area contributed by atoms with E-state index < -0.39 is 15.9 Å². The Hall–Kier alpha value is -0.210. The van der Waals surface area contributed by atoms with Crippen molar-refractivity contribution < 1.29 is 18.3 Å². The van der Waals surface area contributed by atoms with Gasteiger partial charge in [-0.2, -0.15) is 0 Å². The molecular formula is C11H22N2O4S. The molecule has 0 radical (unpaired) electrons. The van der Waals surface area contributed by atoms with Gasteiger partial charge in [-0.05, 0) is 19.5 Å². The first kappa shape index (κ1) is 14.2. The van der Waals surface area contributed by atoms with Gasteiger partial charge in [-0.1, -0.05) is 0 Å². The SMILES string of the molecule is O=S1(=O)C[C@H](NCCCN2CCOCC2)[C@@H](O)C1. The van der Waals surface area contributed by atoms with Gasteiger partial charge in [0.25, 0.3) is 0 Å². The van der Waals surface area contributed by atoms with Gasteiger partial charge in [-0.25, -0.2) is 8.42 Å². The number of morpholine rings is 1. The summed E-state index contributed by atoms with van der Waals surface area (Å²) in [6, 6.07) is -0.292. The van der Waals surface area contributed by atoms with Crippen LogP contribution in [0.25, 0.3) is 0 Å². The number of nitrogens with one attached hydrogen (secondary N) is 1. The molecular weight excluding hydrogens is 256 g/mol. The van der Waals surface area contributed by atoms with Crippen molar-refractivity contribution in [3.05, 3.63) is 0 Å². The minimum Gasteiger partial charge on any atom is -0.390 e. The van der Waals surface area contributed by atoms with Crippen molar-refractivity contribution in [1.82, 2.24) is 10.2 Å².